The number of piperazine rings is 1. The van der Waals surface area contributed by atoms with Crippen LogP contribution >= 0.6 is 0 Å². The molecule has 0 aliphatic carbocycles. The van der Waals surface area contributed by atoms with Crippen molar-refractivity contribution < 1.29 is 4.52 Å². The maximum atomic E-state index is 12.4. The summed E-state index contributed by atoms with van der Waals surface area (Å²) in [6, 6.07) is 9.04. The Morgan fingerprint density at radius 2 is 2.20 bits per heavy atom. The van der Waals surface area contributed by atoms with E-state index in [2.05, 4.69) is 30.3 Å². The zero-order chi connectivity index (χ0) is 17.2. The van der Waals surface area contributed by atoms with E-state index in [1.165, 1.54) is 0 Å². The molecule has 1 unspecified atom stereocenters. The molecule has 3 aromatic rings. The number of nitrogens with zero attached hydrogens (tertiary/aromatic N) is 4. The first kappa shape index (κ1) is 15.7. The number of hydrogen-bond donors (Lipinski definition) is 2. The predicted octanol–water partition coefficient (Wildman–Crippen LogP) is 1.06. The third kappa shape index (κ3) is 3.09. The first-order valence-corrected chi connectivity index (χ1v) is 8.12. The van der Waals surface area contributed by atoms with Crippen LogP contribution in [-0.2, 0) is 0 Å². The number of aromatic nitrogens is 4. The molecule has 0 saturated carbocycles. The lowest BCUT2D eigenvalue weighted by atomic mass is 10.2. The average Bonchev–Trinajstić information content (AvgIpc) is 3.12. The minimum atomic E-state index is -0.284. The van der Waals surface area contributed by atoms with Crippen molar-refractivity contribution in [2.45, 2.75) is 6.04 Å². The summed E-state index contributed by atoms with van der Waals surface area (Å²) >= 11 is 0. The molecule has 25 heavy (non-hydrogen) atoms. The van der Waals surface area contributed by atoms with Crippen LogP contribution in [0.4, 0.5) is 0 Å². The van der Waals surface area contributed by atoms with Crippen molar-refractivity contribution in [2.75, 3.05) is 26.7 Å². The van der Waals surface area contributed by atoms with Gasteiger partial charge in [-0.15, -0.1) is 0 Å². The van der Waals surface area contributed by atoms with Gasteiger partial charge < -0.3 is 14.8 Å². The van der Waals surface area contributed by atoms with Crippen molar-refractivity contribution in [1.82, 2.24) is 30.3 Å². The number of rotatable bonds is 3. The number of likely N-dealkylation sites (N-methyl/N-ethyl adjacent to an activating group) is 1. The first-order chi connectivity index (χ1) is 12.2. The van der Waals surface area contributed by atoms with Gasteiger partial charge in [0.05, 0.1) is 17.4 Å². The molecule has 4 rings (SSSR count). The normalized spacial score (nSPS) is 18.4. The van der Waals surface area contributed by atoms with Gasteiger partial charge in [0.25, 0.3) is 11.4 Å². The molecule has 1 fully saturated rings. The van der Waals surface area contributed by atoms with E-state index in [9.17, 15) is 4.79 Å². The van der Waals surface area contributed by atoms with Crippen LogP contribution in [0, 0.1) is 0 Å². The molecule has 0 spiro atoms. The second-order valence-electron chi connectivity index (χ2n) is 5.99. The van der Waals surface area contributed by atoms with Crippen molar-refractivity contribution in [1.29, 1.82) is 0 Å². The topological polar surface area (TPSA) is 99.9 Å². The summed E-state index contributed by atoms with van der Waals surface area (Å²) in [5, 5.41) is 7.37. The quantitative estimate of drug-likeness (QED) is 0.736. The Labute approximate surface area is 143 Å². The predicted molar refractivity (Wildman–Crippen MR) is 91.8 cm³/mol. The third-order valence-electron chi connectivity index (χ3n) is 4.33. The molecule has 2 N–H and O–H groups in total. The highest BCUT2D eigenvalue weighted by Gasteiger charge is 2.26. The van der Waals surface area contributed by atoms with Gasteiger partial charge in [0.2, 0.25) is 0 Å². The molecule has 1 saturated heterocycles. The summed E-state index contributed by atoms with van der Waals surface area (Å²) in [5.74, 6) is 0.806. The molecule has 0 amide bonds. The van der Waals surface area contributed by atoms with Gasteiger partial charge in [-0.3, -0.25) is 14.7 Å². The molecular weight excluding hydrogens is 320 g/mol. The maximum absolute atomic E-state index is 12.4. The fourth-order valence-electron chi connectivity index (χ4n) is 2.89. The Hall–Kier alpha value is -2.84. The molecule has 0 aromatic carbocycles. The number of H-pyrrole nitrogens is 1. The number of nitrogens with one attached hydrogen (secondary N) is 2. The Balaban J connectivity index is 1.63. The molecule has 4 heterocycles. The fraction of sp³-hybridized carbons (Fsp3) is 0.294. The standard InChI is InChI=1S/C17H18N6O2/c1-23-9-8-18-10-14(23)15-21-17(25-22-15)11-5-6-13(20-16(11)24)12-4-2-3-7-19-12/h2-7,14,18H,8-10H2,1H3,(H,20,24). The Bertz CT molecular complexity index is 920. The summed E-state index contributed by atoms with van der Waals surface area (Å²) in [6.45, 7) is 2.60. The van der Waals surface area contributed by atoms with E-state index < -0.39 is 0 Å². The monoisotopic (exact) mass is 338 g/mol. The average molecular weight is 338 g/mol. The highest BCUT2D eigenvalue weighted by Crippen LogP contribution is 2.22. The van der Waals surface area contributed by atoms with E-state index in [1.54, 1.807) is 18.3 Å². The number of hydrogen-bond acceptors (Lipinski definition) is 7. The Kier molecular flexibility index (Phi) is 4.12. The summed E-state index contributed by atoms with van der Waals surface area (Å²) < 4.78 is 5.33. The van der Waals surface area contributed by atoms with E-state index >= 15 is 0 Å². The van der Waals surface area contributed by atoms with Gasteiger partial charge in [-0.1, -0.05) is 11.2 Å². The molecule has 128 valence electrons. The van der Waals surface area contributed by atoms with E-state index in [1.807, 2.05) is 25.2 Å². The summed E-state index contributed by atoms with van der Waals surface area (Å²) in [5.41, 5.74) is 1.41. The number of aromatic amines is 1. The van der Waals surface area contributed by atoms with E-state index in [-0.39, 0.29) is 17.5 Å². The van der Waals surface area contributed by atoms with Gasteiger partial charge in [-0.2, -0.15) is 4.98 Å². The molecule has 8 heteroatoms. The van der Waals surface area contributed by atoms with E-state index in [0.29, 0.717) is 22.8 Å². The van der Waals surface area contributed by atoms with Gasteiger partial charge in [0.1, 0.15) is 5.56 Å². The van der Waals surface area contributed by atoms with Crippen LogP contribution in [-0.4, -0.2) is 51.7 Å². The lowest BCUT2D eigenvalue weighted by Crippen LogP contribution is -2.44. The fourth-order valence-corrected chi connectivity index (χ4v) is 2.89. The van der Waals surface area contributed by atoms with Crippen molar-refractivity contribution in [3.63, 3.8) is 0 Å². The SMILES string of the molecule is CN1CCNCC1c1noc(-c2ccc(-c3ccccn3)[nH]c2=O)n1. The van der Waals surface area contributed by atoms with Crippen LogP contribution in [0.2, 0.25) is 0 Å². The summed E-state index contributed by atoms with van der Waals surface area (Å²) in [6.07, 6.45) is 1.68. The van der Waals surface area contributed by atoms with Crippen LogP contribution in [0.5, 0.6) is 0 Å². The third-order valence-corrected chi connectivity index (χ3v) is 4.33. The van der Waals surface area contributed by atoms with Crippen LogP contribution in [0.15, 0.2) is 45.8 Å². The Morgan fingerprint density at radius 3 is 2.96 bits per heavy atom. The molecular formula is C17H18N6O2. The van der Waals surface area contributed by atoms with Gasteiger partial charge in [-0.05, 0) is 31.3 Å². The van der Waals surface area contributed by atoms with Crippen LogP contribution in [0.3, 0.4) is 0 Å². The van der Waals surface area contributed by atoms with Crippen molar-refractivity contribution in [3.8, 4) is 22.8 Å². The molecule has 0 bridgehead atoms. The highest BCUT2D eigenvalue weighted by atomic mass is 16.5. The number of pyridine rings is 2. The second-order valence-corrected chi connectivity index (χ2v) is 5.99. The van der Waals surface area contributed by atoms with Crippen LogP contribution in [0.25, 0.3) is 22.8 Å². The molecule has 1 aliphatic rings. The smallest absolute Gasteiger partial charge is 0.263 e. The molecule has 1 atom stereocenters. The zero-order valence-electron chi connectivity index (χ0n) is 13.8. The lowest BCUT2D eigenvalue weighted by molar-refractivity contribution is 0.190. The summed E-state index contributed by atoms with van der Waals surface area (Å²) in [7, 11) is 2.02. The van der Waals surface area contributed by atoms with Crippen LogP contribution < -0.4 is 10.9 Å². The first-order valence-electron chi connectivity index (χ1n) is 8.12. The van der Waals surface area contributed by atoms with E-state index in [4.69, 9.17) is 4.52 Å². The van der Waals surface area contributed by atoms with Gasteiger partial charge in [0.15, 0.2) is 5.82 Å². The summed E-state index contributed by atoms with van der Waals surface area (Å²) in [4.78, 5) is 26.1. The van der Waals surface area contributed by atoms with Gasteiger partial charge >= 0.3 is 0 Å². The van der Waals surface area contributed by atoms with Gasteiger partial charge in [-0.25, -0.2) is 0 Å². The van der Waals surface area contributed by atoms with Crippen molar-refractivity contribution in [3.05, 3.63) is 52.7 Å². The molecule has 8 nitrogen and oxygen atoms in total. The minimum absolute atomic E-state index is 0.0399. The maximum Gasteiger partial charge on any atom is 0.263 e. The van der Waals surface area contributed by atoms with Crippen molar-refractivity contribution in [2.24, 2.45) is 0 Å². The zero-order valence-corrected chi connectivity index (χ0v) is 13.8. The van der Waals surface area contributed by atoms with Crippen molar-refractivity contribution >= 4 is 0 Å². The minimum Gasteiger partial charge on any atom is -0.334 e. The second kappa shape index (κ2) is 6.58. The lowest BCUT2D eigenvalue weighted by Gasteiger charge is -2.30. The van der Waals surface area contributed by atoms with Gasteiger partial charge in [0, 0.05) is 25.8 Å². The van der Waals surface area contributed by atoms with Crippen LogP contribution in [0.1, 0.15) is 11.9 Å². The molecule has 1 aliphatic heterocycles. The largest absolute Gasteiger partial charge is 0.334 e. The highest BCUT2D eigenvalue weighted by molar-refractivity contribution is 5.59. The molecule has 0 radical (unpaired) electrons. The van der Waals surface area contributed by atoms with E-state index in [0.717, 1.165) is 19.6 Å². The molecule has 3 aromatic heterocycles. The Morgan fingerprint density at radius 1 is 1.28 bits per heavy atom.